The van der Waals surface area contributed by atoms with Crippen molar-refractivity contribution in [2.45, 2.75) is 18.6 Å². The van der Waals surface area contributed by atoms with Crippen molar-refractivity contribution in [3.8, 4) is 5.75 Å². The second-order valence-electron chi connectivity index (χ2n) is 5.35. The number of carbonyl (C=O) groups is 1. The normalized spacial score (nSPS) is 20.3. The molecule has 0 saturated carbocycles. The lowest BCUT2D eigenvalue weighted by molar-refractivity contribution is 0.0932. The molecule has 0 radical (unpaired) electrons. The Morgan fingerprint density at radius 1 is 1.17 bits per heavy atom. The van der Waals surface area contributed by atoms with Crippen molar-refractivity contribution in [3.63, 3.8) is 0 Å². The van der Waals surface area contributed by atoms with E-state index in [0.717, 1.165) is 21.3 Å². The molecule has 120 valence electrons. The highest BCUT2D eigenvalue weighted by Crippen LogP contribution is 2.29. The predicted octanol–water partition coefficient (Wildman–Crippen LogP) is 2.59. The molecule has 0 aromatic heterocycles. The molecule has 5 nitrogen and oxygen atoms in total. The Morgan fingerprint density at radius 3 is 2.65 bits per heavy atom. The molecular formula is C17H18IN3O2. The molecule has 0 aliphatic carbocycles. The molecule has 1 aliphatic rings. The van der Waals surface area contributed by atoms with Gasteiger partial charge in [0.2, 0.25) is 0 Å². The number of ether oxygens (including phenoxy) is 1. The Morgan fingerprint density at radius 2 is 1.91 bits per heavy atom. The van der Waals surface area contributed by atoms with Crippen LogP contribution in [0.5, 0.6) is 5.75 Å². The summed E-state index contributed by atoms with van der Waals surface area (Å²) in [5.41, 5.74) is 8.08. The van der Waals surface area contributed by atoms with Gasteiger partial charge in [0.25, 0.3) is 5.91 Å². The third kappa shape index (κ3) is 3.82. The van der Waals surface area contributed by atoms with Crippen molar-refractivity contribution in [2.75, 3.05) is 7.11 Å². The standard InChI is InChI=1S/C17H18IN3O2/c1-23-15-5-3-2-4-13(15)14-10-16(21-20-14)19-17(22)11-6-8-12(18)9-7-11/h2-9,14,16,20-21H,10H2,1H3,(H,19,22). The third-order valence-corrected chi connectivity index (χ3v) is 4.55. The molecule has 2 aromatic rings. The van der Waals surface area contributed by atoms with Crippen molar-refractivity contribution >= 4 is 28.5 Å². The molecule has 23 heavy (non-hydrogen) atoms. The number of methoxy groups -OCH3 is 1. The molecule has 0 bridgehead atoms. The van der Waals surface area contributed by atoms with Crippen LogP contribution in [0, 0.1) is 3.57 Å². The molecule has 1 saturated heterocycles. The highest BCUT2D eigenvalue weighted by Gasteiger charge is 2.28. The summed E-state index contributed by atoms with van der Waals surface area (Å²) >= 11 is 2.22. The topological polar surface area (TPSA) is 62.4 Å². The molecule has 1 aliphatic heterocycles. The zero-order chi connectivity index (χ0) is 16.2. The number of nitrogens with one attached hydrogen (secondary N) is 3. The fraction of sp³-hybridized carbons (Fsp3) is 0.235. The highest BCUT2D eigenvalue weighted by atomic mass is 127. The molecular weight excluding hydrogens is 405 g/mol. The van der Waals surface area contributed by atoms with E-state index in [0.29, 0.717) is 5.56 Å². The van der Waals surface area contributed by atoms with Crippen LogP contribution < -0.4 is 20.9 Å². The summed E-state index contributed by atoms with van der Waals surface area (Å²) in [7, 11) is 1.66. The summed E-state index contributed by atoms with van der Waals surface area (Å²) in [6.45, 7) is 0. The molecule has 0 spiro atoms. The lowest BCUT2D eigenvalue weighted by Gasteiger charge is -2.14. The van der Waals surface area contributed by atoms with Crippen LogP contribution in [-0.2, 0) is 0 Å². The van der Waals surface area contributed by atoms with Gasteiger partial charge in [-0.05, 0) is 52.9 Å². The second kappa shape index (κ2) is 7.29. The Balaban J connectivity index is 1.63. The molecule has 1 fully saturated rings. The van der Waals surface area contributed by atoms with Gasteiger partial charge in [-0.2, -0.15) is 0 Å². The minimum absolute atomic E-state index is 0.0821. The molecule has 1 heterocycles. The number of hydrogen-bond donors (Lipinski definition) is 3. The minimum Gasteiger partial charge on any atom is -0.496 e. The summed E-state index contributed by atoms with van der Waals surface area (Å²) in [6.07, 6.45) is 0.618. The van der Waals surface area contributed by atoms with Gasteiger partial charge in [-0.25, -0.2) is 10.9 Å². The molecule has 2 unspecified atom stereocenters. The van der Waals surface area contributed by atoms with E-state index in [4.69, 9.17) is 4.74 Å². The van der Waals surface area contributed by atoms with Gasteiger partial charge in [-0.3, -0.25) is 4.79 Å². The van der Waals surface area contributed by atoms with E-state index in [1.807, 2.05) is 48.5 Å². The van der Waals surface area contributed by atoms with E-state index in [-0.39, 0.29) is 18.1 Å². The molecule has 2 atom stereocenters. The fourth-order valence-corrected chi connectivity index (χ4v) is 3.01. The van der Waals surface area contributed by atoms with E-state index >= 15 is 0 Å². The van der Waals surface area contributed by atoms with Crippen LogP contribution in [0.3, 0.4) is 0 Å². The van der Waals surface area contributed by atoms with E-state index < -0.39 is 0 Å². The zero-order valence-electron chi connectivity index (χ0n) is 12.7. The van der Waals surface area contributed by atoms with Crippen molar-refractivity contribution in [2.24, 2.45) is 0 Å². The van der Waals surface area contributed by atoms with Crippen LogP contribution >= 0.6 is 22.6 Å². The van der Waals surface area contributed by atoms with Gasteiger partial charge in [-0.1, -0.05) is 18.2 Å². The van der Waals surface area contributed by atoms with Gasteiger partial charge in [0.05, 0.1) is 19.3 Å². The molecule has 6 heteroatoms. The maximum Gasteiger partial charge on any atom is 0.252 e. The first-order valence-electron chi connectivity index (χ1n) is 7.38. The number of hydrazine groups is 1. The maximum atomic E-state index is 12.3. The monoisotopic (exact) mass is 423 g/mol. The largest absolute Gasteiger partial charge is 0.496 e. The Bertz CT molecular complexity index is 690. The Hall–Kier alpha value is -1.64. The second-order valence-corrected chi connectivity index (χ2v) is 6.60. The van der Waals surface area contributed by atoms with Crippen LogP contribution in [0.1, 0.15) is 28.4 Å². The first kappa shape index (κ1) is 16.2. The number of carbonyl (C=O) groups excluding carboxylic acids is 1. The number of amides is 1. The van der Waals surface area contributed by atoms with Gasteiger partial charge in [0.15, 0.2) is 0 Å². The number of para-hydroxylation sites is 1. The van der Waals surface area contributed by atoms with E-state index in [1.165, 1.54) is 0 Å². The van der Waals surface area contributed by atoms with Gasteiger partial charge < -0.3 is 10.1 Å². The van der Waals surface area contributed by atoms with Crippen LogP contribution in [0.2, 0.25) is 0 Å². The number of benzene rings is 2. The molecule has 3 N–H and O–H groups in total. The lowest BCUT2D eigenvalue weighted by Crippen LogP contribution is -2.44. The summed E-state index contributed by atoms with van der Waals surface area (Å²) in [5, 5.41) is 3.00. The zero-order valence-corrected chi connectivity index (χ0v) is 14.8. The van der Waals surface area contributed by atoms with Gasteiger partial charge in [0, 0.05) is 21.1 Å². The van der Waals surface area contributed by atoms with Gasteiger partial charge in [-0.15, -0.1) is 0 Å². The first-order chi connectivity index (χ1) is 11.2. The maximum absolute atomic E-state index is 12.3. The highest BCUT2D eigenvalue weighted by molar-refractivity contribution is 14.1. The SMILES string of the molecule is COc1ccccc1C1CC(NC(=O)c2ccc(I)cc2)NN1. The third-order valence-electron chi connectivity index (χ3n) is 3.83. The lowest BCUT2D eigenvalue weighted by atomic mass is 10.0. The fourth-order valence-electron chi connectivity index (χ4n) is 2.65. The van der Waals surface area contributed by atoms with Crippen molar-refractivity contribution in [1.29, 1.82) is 0 Å². The van der Waals surface area contributed by atoms with Crippen LogP contribution in [0.15, 0.2) is 48.5 Å². The summed E-state index contributed by atoms with van der Waals surface area (Å²) < 4.78 is 6.51. The molecule has 1 amide bonds. The van der Waals surface area contributed by atoms with E-state index in [1.54, 1.807) is 7.11 Å². The predicted molar refractivity (Wildman–Crippen MR) is 97.0 cm³/mol. The van der Waals surface area contributed by atoms with Crippen molar-refractivity contribution < 1.29 is 9.53 Å². The first-order valence-corrected chi connectivity index (χ1v) is 8.45. The molecule has 2 aromatic carbocycles. The van der Waals surface area contributed by atoms with Gasteiger partial charge in [0.1, 0.15) is 5.75 Å². The average molecular weight is 423 g/mol. The quantitative estimate of drug-likeness (QED) is 0.662. The number of halogens is 1. The number of hydrogen-bond acceptors (Lipinski definition) is 4. The summed E-state index contributed by atoms with van der Waals surface area (Å²) in [6, 6.07) is 15.5. The van der Waals surface area contributed by atoms with Crippen LogP contribution in [0.4, 0.5) is 0 Å². The van der Waals surface area contributed by atoms with E-state index in [9.17, 15) is 4.79 Å². The smallest absolute Gasteiger partial charge is 0.252 e. The van der Waals surface area contributed by atoms with Gasteiger partial charge >= 0.3 is 0 Å². The average Bonchev–Trinajstić information content (AvgIpc) is 3.03. The Kier molecular flexibility index (Phi) is 5.14. The summed E-state index contributed by atoms with van der Waals surface area (Å²) in [5.74, 6) is 0.762. The van der Waals surface area contributed by atoms with E-state index in [2.05, 4.69) is 38.8 Å². The van der Waals surface area contributed by atoms with Crippen LogP contribution in [0.25, 0.3) is 0 Å². The van der Waals surface area contributed by atoms with Crippen LogP contribution in [-0.4, -0.2) is 19.2 Å². The minimum atomic E-state index is -0.128. The van der Waals surface area contributed by atoms with Crippen molar-refractivity contribution in [1.82, 2.24) is 16.2 Å². The van der Waals surface area contributed by atoms with Crippen molar-refractivity contribution in [3.05, 3.63) is 63.2 Å². The molecule has 3 rings (SSSR count). The summed E-state index contributed by atoms with van der Waals surface area (Å²) in [4.78, 5) is 12.3. The number of rotatable bonds is 4. The Labute approximate surface area is 148 Å².